The summed E-state index contributed by atoms with van der Waals surface area (Å²) in [5, 5.41) is 22.8. The Morgan fingerprint density at radius 2 is 0.980 bits per heavy atom. The van der Waals surface area contributed by atoms with E-state index >= 15 is 0 Å². The molecule has 264 valence electrons. The Morgan fingerprint density at radius 1 is 0.560 bits per heavy atom. The number of aromatic nitrogens is 2. The number of fused-ring (bicyclic) bond motifs is 1. The van der Waals surface area contributed by atoms with Crippen molar-refractivity contribution >= 4 is 23.1 Å². The lowest BCUT2D eigenvalue weighted by Crippen LogP contribution is -3.28. The molecule has 0 saturated carbocycles. The Labute approximate surface area is 294 Å². The standard InChI is InChI=1S/C40H50N6O4/c47-35(29-43-25-21-41(22-26-43)19-9-15-33-11-3-1-4-12-33)31-45-38-18-8-7-17-37(38)39(49)46(40(45)50)32-36(48)30-44-27-23-42(24-28-44)20-10-16-34-13-5-2-6-14-34/h1-18,35-36,47-48H,19-32H2/p+4. The van der Waals surface area contributed by atoms with Crippen LogP contribution in [0.5, 0.6) is 0 Å². The van der Waals surface area contributed by atoms with E-state index in [2.05, 4.69) is 48.6 Å². The number of nitrogens with zero attached hydrogens (tertiary/aromatic N) is 2. The summed E-state index contributed by atoms with van der Waals surface area (Å²) in [4.78, 5) is 33.0. The van der Waals surface area contributed by atoms with Crippen LogP contribution in [0, 0.1) is 0 Å². The van der Waals surface area contributed by atoms with E-state index in [4.69, 9.17) is 0 Å². The normalized spacial score (nSPS) is 22.7. The molecule has 50 heavy (non-hydrogen) atoms. The molecular formula is C40H54N6O4+4. The zero-order valence-electron chi connectivity index (χ0n) is 29.1. The van der Waals surface area contributed by atoms with Gasteiger partial charge in [0, 0.05) is 0 Å². The Balaban J connectivity index is 1.01. The van der Waals surface area contributed by atoms with Crippen LogP contribution in [0.25, 0.3) is 23.1 Å². The molecule has 2 saturated heterocycles. The third-order valence-corrected chi connectivity index (χ3v) is 10.3. The smallest absolute Gasteiger partial charge is 0.331 e. The van der Waals surface area contributed by atoms with Gasteiger partial charge in [-0.2, -0.15) is 0 Å². The van der Waals surface area contributed by atoms with Gasteiger partial charge in [0.15, 0.2) is 0 Å². The molecule has 2 aliphatic rings. The minimum atomic E-state index is -0.833. The summed E-state index contributed by atoms with van der Waals surface area (Å²) in [6.07, 6.45) is 7.23. The lowest BCUT2D eigenvalue weighted by atomic mass is 10.2. The van der Waals surface area contributed by atoms with Crippen LogP contribution < -0.4 is 30.8 Å². The quantitative estimate of drug-likeness (QED) is 0.0849. The lowest BCUT2D eigenvalue weighted by molar-refractivity contribution is -1.01. The Morgan fingerprint density at radius 3 is 1.48 bits per heavy atom. The summed E-state index contributed by atoms with van der Waals surface area (Å²) >= 11 is 0. The molecule has 6 N–H and O–H groups in total. The fourth-order valence-electron chi connectivity index (χ4n) is 7.51. The highest BCUT2D eigenvalue weighted by molar-refractivity contribution is 5.77. The van der Waals surface area contributed by atoms with Gasteiger partial charge in [0.1, 0.15) is 77.7 Å². The van der Waals surface area contributed by atoms with Gasteiger partial charge >= 0.3 is 5.69 Å². The van der Waals surface area contributed by atoms with Crippen molar-refractivity contribution in [3.05, 3.63) is 129 Å². The predicted molar refractivity (Wildman–Crippen MR) is 198 cm³/mol. The highest BCUT2D eigenvalue weighted by atomic mass is 16.3. The van der Waals surface area contributed by atoms with Gasteiger partial charge in [-0.1, -0.05) is 84.9 Å². The second-order valence-corrected chi connectivity index (χ2v) is 14.1. The van der Waals surface area contributed by atoms with Crippen molar-refractivity contribution in [2.75, 3.05) is 78.5 Å². The Kier molecular flexibility index (Phi) is 12.6. The molecule has 6 rings (SSSR count). The maximum atomic E-state index is 13.8. The molecule has 2 atom stereocenters. The first-order valence-corrected chi connectivity index (χ1v) is 18.3. The van der Waals surface area contributed by atoms with Crippen molar-refractivity contribution in [3.63, 3.8) is 0 Å². The van der Waals surface area contributed by atoms with E-state index < -0.39 is 23.5 Å². The number of rotatable bonds is 14. The summed E-state index contributed by atoms with van der Waals surface area (Å²) < 4.78 is 2.70. The van der Waals surface area contributed by atoms with Crippen LogP contribution >= 0.6 is 0 Å². The van der Waals surface area contributed by atoms with Crippen LogP contribution in [0.3, 0.4) is 0 Å². The maximum Gasteiger partial charge on any atom is 0.331 e. The number of aliphatic hydroxyl groups excluding tert-OH is 2. The van der Waals surface area contributed by atoms with Gasteiger partial charge in [-0.25, -0.2) is 4.79 Å². The molecule has 0 aliphatic carbocycles. The predicted octanol–water partition coefficient (Wildman–Crippen LogP) is -3.12. The molecular weight excluding hydrogens is 628 g/mol. The molecule has 0 radical (unpaired) electrons. The summed E-state index contributed by atoms with van der Waals surface area (Å²) in [5.41, 5.74) is 2.07. The van der Waals surface area contributed by atoms with Crippen LogP contribution in [0.1, 0.15) is 11.1 Å². The fourth-order valence-corrected chi connectivity index (χ4v) is 7.51. The summed E-state index contributed by atoms with van der Waals surface area (Å²) in [5.74, 6) is 0. The first-order chi connectivity index (χ1) is 24.4. The van der Waals surface area contributed by atoms with E-state index in [1.807, 2.05) is 42.5 Å². The number of hydrogen-bond acceptors (Lipinski definition) is 4. The van der Waals surface area contributed by atoms with E-state index in [1.165, 1.54) is 39.9 Å². The van der Waals surface area contributed by atoms with Crippen molar-refractivity contribution in [3.8, 4) is 0 Å². The van der Waals surface area contributed by atoms with E-state index in [1.54, 1.807) is 18.2 Å². The molecule has 4 aromatic rings. The van der Waals surface area contributed by atoms with Gasteiger partial charge < -0.3 is 29.8 Å². The van der Waals surface area contributed by atoms with Gasteiger partial charge in [0.25, 0.3) is 5.56 Å². The van der Waals surface area contributed by atoms with Crippen molar-refractivity contribution in [1.29, 1.82) is 0 Å². The largest absolute Gasteiger partial charge is 0.385 e. The minimum absolute atomic E-state index is 0.0623. The molecule has 2 unspecified atom stereocenters. The van der Waals surface area contributed by atoms with Crippen LogP contribution in [-0.4, -0.2) is 110 Å². The highest BCUT2D eigenvalue weighted by Gasteiger charge is 2.27. The van der Waals surface area contributed by atoms with E-state index in [0.29, 0.717) is 24.0 Å². The van der Waals surface area contributed by atoms with Crippen molar-refractivity contribution in [2.24, 2.45) is 0 Å². The molecule has 0 spiro atoms. The average molecular weight is 683 g/mol. The van der Waals surface area contributed by atoms with Crippen LogP contribution in [0.15, 0.2) is 107 Å². The number of para-hydroxylation sites is 1. The number of benzene rings is 3. The SMILES string of the molecule is O=c1c2ccccc2n(CC(O)C[NH+]2CC[NH+](CC=Cc3ccccc3)CC2)c(=O)n1CC(O)C[NH+]1CC[NH+](CC=Cc2ccccc2)CC1. The average Bonchev–Trinajstić information content (AvgIpc) is 3.14. The first kappa shape index (κ1) is 35.7. The summed E-state index contributed by atoms with van der Waals surface area (Å²) in [6.45, 7) is 10.8. The Hall–Kier alpha value is -4.16. The zero-order valence-corrected chi connectivity index (χ0v) is 29.1. The van der Waals surface area contributed by atoms with E-state index in [-0.39, 0.29) is 13.1 Å². The molecule has 1 aromatic heterocycles. The van der Waals surface area contributed by atoms with Crippen LogP contribution in [-0.2, 0) is 13.1 Å². The third-order valence-electron chi connectivity index (χ3n) is 10.3. The maximum absolute atomic E-state index is 13.8. The van der Waals surface area contributed by atoms with Gasteiger partial charge in [-0.05, 0) is 35.4 Å². The molecule has 0 amide bonds. The van der Waals surface area contributed by atoms with E-state index in [0.717, 1.165) is 65.4 Å². The van der Waals surface area contributed by atoms with Crippen LogP contribution in [0.2, 0.25) is 0 Å². The van der Waals surface area contributed by atoms with Crippen molar-refractivity contribution in [2.45, 2.75) is 25.3 Å². The van der Waals surface area contributed by atoms with Gasteiger partial charge in [-0.3, -0.25) is 13.9 Å². The van der Waals surface area contributed by atoms with E-state index in [9.17, 15) is 19.8 Å². The topological polar surface area (TPSA) is 102 Å². The number of quaternary nitrogens is 4. The second-order valence-electron chi connectivity index (χ2n) is 14.1. The molecule has 2 fully saturated rings. The Bertz CT molecular complexity index is 1820. The van der Waals surface area contributed by atoms with Gasteiger partial charge in [0.2, 0.25) is 0 Å². The highest BCUT2D eigenvalue weighted by Crippen LogP contribution is 2.08. The third kappa shape index (κ3) is 9.75. The van der Waals surface area contributed by atoms with Gasteiger partial charge in [0.05, 0.1) is 37.1 Å². The second kappa shape index (κ2) is 17.7. The molecule has 2 aliphatic heterocycles. The molecule has 10 nitrogen and oxygen atoms in total. The van der Waals surface area contributed by atoms with Gasteiger partial charge in [-0.15, -0.1) is 0 Å². The lowest BCUT2D eigenvalue weighted by Gasteiger charge is -2.30. The number of piperazine rings is 2. The number of nitrogens with one attached hydrogen (secondary N) is 4. The summed E-state index contributed by atoms with van der Waals surface area (Å²) in [6, 6.07) is 27.7. The summed E-state index contributed by atoms with van der Waals surface area (Å²) in [7, 11) is 0. The molecule has 3 aromatic carbocycles. The number of aliphatic hydroxyl groups is 2. The molecule has 10 heteroatoms. The first-order valence-electron chi connectivity index (χ1n) is 18.3. The molecule has 0 bridgehead atoms. The fraction of sp³-hybridized carbons (Fsp3) is 0.400. The zero-order chi connectivity index (χ0) is 34.7. The van der Waals surface area contributed by atoms with Crippen molar-refractivity contribution < 1.29 is 29.8 Å². The van der Waals surface area contributed by atoms with Crippen molar-refractivity contribution in [1.82, 2.24) is 9.13 Å². The monoisotopic (exact) mass is 682 g/mol. The van der Waals surface area contributed by atoms with Crippen LogP contribution in [0.4, 0.5) is 0 Å². The number of hydrogen-bond donors (Lipinski definition) is 6. The minimum Gasteiger partial charge on any atom is -0.385 e. The molecule has 3 heterocycles.